The Balaban J connectivity index is 1.23. The predicted octanol–water partition coefficient (Wildman–Crippen LogP) is 3.80. The summed E-state index contributed by atoms with van der Waals surface area (Å²) in [6, 6.07) is 9.38. The third kappa shape index (κ3) is 4.10. The Hall–Kier alpha value is -1.99. The highest BCUT2D eigenvalue weighted by atomic mass is 35.5. The molecule has 0 aliphatic carbocycles. The maximum absolute atomic E-state index is 10.8. The van der Waals surface area contributed by atoms with Gasteiger partial charge in [-0.25, -0.2) is 0 Å². The van der Waals surface area contributed by atoms with Gasteiger partial charge < -0.3 is 29.3 Å². The third-order valence-electron chi connectivity index (χ3n) is 6.69. The van der Waals surface area contributed by atoms with Gasteiger partial charge in [-0.05, 0) is 55.2 Å². The van der Waals surface area contributed by atoms with Crippen LogP contribution in [0, 0.1) is 6.92 Å². The molecule has 3 aliphatic heterocycles. The van der Waals surface area contributed by atoms with Gasteiger partial charge in [-0.2, -0.15) is 0 Å². The first kappa shape index (κ1) is 20.9. The topological polar surface area (TPSA) is 71.4 Å². The van der Waals surface area contributed by atoms with E-state index >= 15 is 0 Å². The molecule has 0 radical (unpaired) electrons. The van der Waals surface area contributed by atoms with Gasteiger partial charge in [0.2, 0.25) is 0 Å². The number of nitrogens with zero attached hydrogens (tertiary/aromatic N) is 1. The molecule has 2 N–H and O–H groups in total. The van der Waals surface area contributed by atoms with Crippen LogP contribution in [-0.4, -0.2) is 53.6 Å². The molecular weight excluding hydrogens is 418 g/mol. The Labute approximate surface area is 187 Å². The van der Waals surface area contributed by atoms with Crippen LogP contribution in [0.1, 0.15) is 48.2 Å². The zero-order valence-corrected chi connectivity index (χ0v) is 18.4. The molecule has 2 aromatic rings. The van der Waals surface area contributed by atoms with Crippen molar-refractivity contribution in [1.29, 1.82) is 0 Å². The second kappa shape index (κ2) is 8.17. The lowest BCUT2D eigenvalue weighted by Crippen LogP contribution is -2.51. The summed E-state index contributed by atoms with van der Waals surface area (Å²) < 4.78 is 17.6. The zero-order chi connectivity index (χ0) is 21.6. The van der Waals surface area contributed by atoms with Crippen molar-refractivity contribution >= 4 is 11.6 Å². The maximum Gasteiger partial charge on any atom is 0.161 e. The van der Waals surface area contributed by atoms with Crippen molar-refractivity contribution < 1.29 is 24.4 Å². The summed E-state index contributed by atoms with van der Waals surface area (Å²) in [5.41, 5.74) is 2.18. The quantitative estimate of drug-likeness (QED) is 0.748. The van der Waals surface area contributed by atoms with E-state index in [1.54, 1.807) is 0 Å². The molecule has 5 rings (SSSR count). The maximum atomic E-state index is 10.8. The number of fused-ring (bicyclic) bond motifs is 2. The minimum absolute atomic E-state index is 0.370. The summed E-state index contributed by atoms with van der Waals surface area (Å²) in [6.07, 6.45) is 1.00. The lowest BCUT2D eigenvalue weighted by Gasteiger charge is -2.46. The number of benzene rings is 2. The summed E-state index contributed by atoms with van der Waals surface area (Å²) in [7, 11) is 0. The fourth-order valence-corrected chi connectivity index (χ4v) is 5.00. The lowest BCUT2D eigenvalue weighted by molar-refractivity contribution is -0.0588. The van der Waals surface area contributed by atoms with Crippen LogP contribution in [0.2, 0.25) is 5.02 Å². The van der Waals surface area contributed by atoms with Gasteiger partial charge in [-0.3, -0.25) is 0 Å². The summed E-state index contributed by atoms with van der Waals surface area (Å²) in [5, 5.41) is 22.2. The van der Waals surface area contributed by atoms with Crippen molar-refractivity contribution in [2.24, 2.45) is 0 Å². The van der Waals surface area contributed by atoms with Crippen LogP contribution in [0.25, 0.3) is 0 Å². The molecule has 1 fully saturated rings. The third-order valence-corrected chi connectivity index (χ3v) is 7.10. The average molecular weight is 446 g/mol. The van der Waals surface area contributed by atoms with E-state index in [2.05, 4.69) is 4.90 Å². The van der Waals surface area contributed by atoms with Gasteiger partial charge in [0.1, 0.15) is 24.6 Å². The molecule has 1 saturated heterocycles. The zero-order valence-electron chi connectivity index (χ0n) is 17.6. The van der Waals surface area contributed by atoms with Crippen molar-refractivity contribution in [3.05, 3.63) is 52.0 Å². The summed E-state index contributed by atoms with van der Waals surface area (Å²) in [4.78, 5) is 2.26. The van der Waals surface area contributed by atoms with E-state index < -0.39 is 12.2 Å². The highest BCUT2D eigenvalue weighted by Crippen LogP contribution is 2.46. The monoisotopic (exact) mass is 445 g/mol. The number of β-amino-alcohol motifs (C(OH)–C–C–N with tert-alkyl or cyclic N) is 1. The molecule has 6 nitrogen and oxygen atoms in total. The molecule has 31 heavy (non-hydrogen) atoms. The normalized spacial score (nSPS) is 23.2. The Morgan fingerprint density at radius 2 is 1.84 bits per heavy atom. The van der Waals surface area contributed by atoms with Crippen molar-refractivity contribution in [1.82, 2.24) is 4.90 Å². The van der Waals surface area contributed by atoms with Crippen LogP contribution in [0.15, 0.2) is 30.3 Å². The fraction of sp³-hybridized carbons (Fsp3) is 0.500. The fourth-order valence-electron chi connectivity index (χ4n) is 4.82. The predicted molar refractivity (Wildman–Crippen MR) is 117 cm³/mol. The van der Waals surface area contributed by atoms with Crippen LogP contribution >= 0.6 is 11.6 Å². The van der Waals surface area contributed by atoms with Gasteiger partial charge in [0.25, 0.3) is 0 Å². The average Bonchev–Trinajstić information content (AvgIpc) is 2.77. The molecule has 2 atom stereocenters. The SMILES string of the molecule is Cc1cc2c(cc1Cl)[C@H](O)CC1(CCN(C[C@H](O)c3ccc4c(c3)OCCO4)CC1)O2. The van der Waals surface area contributed by atoms with Gasteiger partial charge in [-0.1, -0.05) is 17.7 Å². The summed E-state index contributed by atoms with van der Waals surface area (Å²) >= 11 is 6.23. The molecular formula is C24H28ClNO5. The number of rotatable bonds is 3. The number of likely N-dealkylation sites (tertiary alicyclic amines) is 1. The van der Waals surface area contributed by atoms with E-state index in [4.69, 9.17) is 25.8 Å². The van der Waals surface area contributed by atoms with E-state index in [9.17, 15) is 10.2 Å². The van der Waals surface area contributed by atoms with Gasteiger partial charge in [0.05, 0.1) is 12.2 Å². The van der Waals surface area contributed by atoms with E-state index in [-0.39, 0.29) is 5.60 Å². The number of hydrogen-bond acceptors (Lipinski definition) is 6. The summed E-state index contributed by atoms with van der Waals surface area (Å²) in [5.74, 6) is 2.16. The largest absolute Gasteiger partial charge is 0.487 e. The smallest absolute Gasteiger partial charge is 0.161 e. The van der Waals surface area contributed by atoms with E-state index in [1.165, 1.54) is 0 Å². The Morgan fingerprint density at radius 1 is 1.10 bits per heavy atom. The second-order valence-electron chi connectivity index (χ2n) is 8.86. The standard InChI is InChI=1S/C24H28ClNO5/c1-15-10-22-17(12-18(15)25)19(27)13-24(31-22)4-6-26(7-5-24)14-20(28)16-2-3-21-23(11-16)30-9-8-29-21/h2-3,10-12,19-20,27-28H,4-9,13-14H2,1H3/t19-,20+/m1/s1. The molecule has 0 bridgehead atoms. The van der Waals surface area contributed by atoms with Crippen LogP contribution in [-0.2, 0) is 0 Å². The van der Waals surface area contributed by atoms with Gasteiger partial charge in [0, 0.05) is 36.6 Å². The van der Waals surface area contributed by atoms with E-state index in [0.29, 0.717) is 37.0 Å². The van der Waals surface area contributed by atoms with Gasteiger partial charge in [0.15, 0.2) is 11.5 Å². The van der Waals surface area contributed by atoms with E-state index in [1.807, 2.05) is 37.3 Å². The Bertz CT molecular complexity index is 973. The van der Waals surface area contributed by atoms with Crippen molar-refractivity contribution in [3.8, 4) is 17.2 Å². The number of halogens is 1. The Morgan fingerprint density at radius 3 is 2.61 bits per heavy atom. The number of hydrogen-bond donors (Lipinski definition) is 2. The van der Waals surface area contributed by atoms with Gasteiger partial charge >= 0.3 is 0 Å². The van der Waals surface area contributed by atoms with Gasteiger partial charge in [-0.15, -0.1) is 0 Å². The minimum Gasteiger partial charge on any atom is -0.487 e. The molecule has 0 unspecified atom stereocenters. The van der Waals surface area contributed by atoms with Crippen molar-refractivity contribution in [3.63, 3.8) is 0 Å². The van der Waals surface area contributed by atoms with E-state index in [0.717, 1.165) is 54.1 Å². The Kier molecular flexibility index (Phi) is 5.51. The molecule has 1 spiro atoms. The highest BCUT2D eigenvalue weighted by molar-refractivity contribution is 6.31. The number of ether oxygens (including phenoxy) is 3. The van der Waals surface area contributed by atoms with Crippen LogP contribution in [0.5, 0.6) is 17.2 Å². The molecule has 3 heterocycles. The van der Waals surface area contributed by atoms with Crippen molar-refractivity contribution in [2.45, 2.75) is 44.0 Å². The molecule has 0 amide bonds. The minimum atomic E-state index is -0.603. The first-order chi connectivity index (χ1) is 14.9. The molecule has 166 valence electrons. The number of aliphatic hydroxyl groups excluding tert-OH is 2. The molecule has 0 aromatic heterocycles. The number of aliphatic hydroxyl groups is 2. The molecule has 2 aromatic carbocycles. The lowest BCUT2D eigenvalue weighted by atomic mass is 9.81. The highest BCUT2D eigenvalue weighted by Gasteiger charge is 2.43. The number of piperidine rings is 1. The summed E-state index contributed by atoms with van der Waals surface area (Å²) in [6.45, 7) is 5.18. The first-order valence-electron chi connectivity index (χ1n) is 10.9. The van der Waals surface area contributed by atoms with Crippen molar-refractivity contribution in [2.75, 3.05) is 32.8 Å². The van der Waals surface area contributed by atoms with Crippen LogP contribution in [0.3, 0.4) is 0 Å². The molecule has 0 saturated carbocycles. The number of aryl methyl sites for hydroxylation is 1. The van der Waals surface area contributed by atoms with Crippen LogP contribution < -0.4 is 14.2 Å². The van der Waals surface area contributed by atoms with Crippen LogP contribution in [0.4, 0.5) is 0 Å². The second-order valence-corrected chi connectivity index (χ2v) is 9.27. The molecule has 3 aliphatic rings. The molecule has 7 heteroatoms. The first-order valence-corrected chi connectivity index (χ1v) is 11.3.